The molecule has 1 aromatic carbocycles. The second-order valence-electron chi connectivity index (χ2n) is 5.14. The van der Waals surface area contributed by atoms with Gasteiger partial charge in [-0.05, 0) is 31.9 Å². The fourth-order valence-corrected chi connectivity index (χ4v) is 2.16. The quantitative estimate of drug-likeness (QED) is 0.644. The molecule has 2 atom stereocenters. The van der Waals surface area contributed by atoms with Gasteiger partial charge in [-0.25, -0.2) is 4.99 Å². The minimum atomic E-state index is -2.82. The summed E-state index contributed by atoms with van der Waals surface area (Å²) in [5, 5.41) is 3.01. The summed E-state index contributed by atoms with van der Waals surface area (Å²) >= 11 is 0. The van der Waals surface area contributed by atoms with Gasteiger partial charge in [-0.2, -0.15) is 8.78 Å². The first-order chi connectivity index (χ1) is 9.47. The Balaban J connectivity index is 2.05. The molecule has 1 aromatic rings. The largest absolute Gasteiger partial charge is 0.435 e. The highest BCUT2D eigenvalue weighted by atomic mass is 19.3. The summed E-state index contributed by atoms with van der Waals surface area (Å²) in [6.45, 7) is 1.13. The zero-order valence-corrected chi connectivity index (χ0v) is 11.5. The number of para-hydroxylation sites is 1. The number of nitrogens with two attached hydrogens (primary N) is 1. The molecule has 0 unspecified atom stereocenters. The van der Waals surface area contributed by atoms with E-state index in [1.54, 1.807) is 18.2 Å². The molecule has 1 aliphatic rings. The number of rotatable bonds is 5. The van der Waals surface area contributed by atoms with Gasteiger partial charge in [0.1, 0.15) is 5.75 Å². The highest BCUT2D eigenvalue weighted by Gasteiger charge is 2.40. The Morgan fingerprint density at radius 2 is 2.10 bits per heavy atom. The van der Waals surface area contributed by atoms with Crippen LogP contribution in [-0.2, 0) is 0 Å². The van der Waals surface area contributed by atoms with Crippen LogP contribution < -0.4 is 15.8 Å². The molecule has 0 bridgehead atoms. The number of nitrogens with one attached hydrogen (secondary N) is 1. The molecule has 1 saturated carbocycles. The van der Waals surface area contributed by atoms with Gasteiger partial charge < -0.3 is 15.8 Å². The number of halogens is 2. The Bertz CT molecular complexity index is 491. The standard InChI is InChI=1S/C14H19F2N3O/c1-8(2)18-14(17)19-11-7-10(11)9-5-3-4-6-12(9)20-13(15)16/h3-6,8,10-11,13H,7H2,1-2H3,(H3,17,18,19)/t10-,11+/m1/s1. The second-order valence-corrected chi connectivity index (χ2v) is 5.14. The Morgan fingerprint density at radius 1 is 1.40 bits per heavy atom. The van der Waals surface area contributed by atoms with E-state index >= 15 is 0 Å². The van der Waals surface area contributed by atoms with Crippen LogP contribution in [0.5, 0.6) is 5.75 Å². The number of aliphatic imine (C=N–C) groups is 1. The summed E-state index contributed by atoms with van der Waals surface area (Å²) in [4.78, 5) is 4.35. The molecule has 2 rings (SSSR count). The lowest BCUT2D eigenvalue weighted by Crippen LogP contribution is -2.37. The molecule has 0 aromatic heterocycles. The molecule has 0 aliphatic heterocycles. The Hall–Kier alpha value is -1.85. The number of benzene rings is 1. The van der Waals surface area contributed by atoms with Gasteiger partial charge in [-0.15, -0.1) is 0 Å². The van der Waals surface area contributed by atoms with Crippen molar-refractivity contribution in [1.29, 1.82) is 0 Å². The predicted molar refractivity (Wildman–Crippen MR) is 74.1 cm³/mol. The van der Waals surface area contributed by atoms with Gasteiger partial charge in [-0.3, -0.25) is 0 Å². The predicted octanol–water partition coefficient (Wildman–Crippen LogP) is 2.46. The third kappa shape index (κ3) is 3.82. The lowest BCUT2D eigenvalue weighted by atomic mass is 10.1. The van der Waals surface area contributed by atoms with Gasteiger partial charge in [0.05, 0.1) is 6.04 Å². The number of nitrogens with zero attached hydrogens (tertiary/aromatic N) is 1. The van der Waals surface area contributed by atoms with Crippen LogP contribution in [0.4, 0.5) is 8.78 Å². The highest BCUT2D eigenvalue weighted by molar-refractivity contribution is 5.78. The molecular weight excluding hydrogens is 264 g/mol. The van der Waals surface area contributed by atoms with Crippen molar-refractivity contribution in [3.8, 4) is 5.75 Å². The van der Waals surface area contributed by atoms with Gasteiger partial charge >= 0.3 is 6.61 Å². The number of hydrogen-bond donors (Lipinski definition) is 2. The van der Waals surface area contributed by atoms with Crippen LogP contribution in [0.2, 0.25) is 0 Å². The molecule has 0 radical (unpaired) electrons. The molecule has 110 valence electrons. The van der Waals surface area contributed by atoms with E-state index < -0.39 is 6.61 Å². The summed E-state index contributed by atoms with van der Waals surface area (Å²) in [6, 6.07) is 7.08. The van der Waals surface area contributed by atoms with Crippen molar-refractivity contribution in [2.75, 3.05) is 0 Å². The fraction of sp³-hybridized carbons (Fsp3) is 0.500. The molecule has 20 heavy (non-hydrogen) atoms. The second kappa shape index (κ2) is 6.07. The van der Waals surface area contributed by atoms with Crippen molar-refractivity contribution in [2.45, 2.75) is 44.9 Å². The zero-order valence-electron chi connectivity index (χ0n) is 11.5. The molecule has 6 heteroatoms. The van der Waals surface area contributed by atoms with Gasteiger partial charge in [0, 0.05) is 12.0 Å². The maximum atomic E-state index is 12.4. The monoisotopic (exact) mass is 283 g/mol. The first-order valence-electron chi connectivity index (χ1n) is 6.61. The Labute approximate surface area is 117 Å². The summed E-state index contributed by atoms with van der Waals surface area (Å²) in [7, 11) is 0. The average Bonchev–Trinajstić information content (AvgIpc) is 3.06. The Kier molecular flexibility index (Phi) is 4.42. The lowest BCUT2D eigenvalue weighted by Gasteiger charge is -2.10. The molecule has 0 amide bonds. The van der Waals surface area contributed by atoms with Crippen LogP contribution >= 0.6 is 0 Å². The van der Waals surface area contributed by atoms with E-state index in [4.69, 9.17) is 5.73 Å². The van der Waals surface area contributed by atoms with Crippen molar-refractivity contribution in [1.82, 2.24) is 5.32 Å². The van der Waals surface area contributed by atoms with E-state index in [1.165, 1.54) is 0 Å². The van der Waals surface area contributed by atoms with Crippen LogP contribution in [0.3, 0.4) is 0 Å². The van der Waals surface area contributed by atoms with Crippen molar-refractivity contribution in [3.63, 3.8) is 0 Å². The molecule has 1 aliphatic carbocycles. The van der Waals surface area contributed by atoms with Crippen molar-refractivity contribution in [3.05, 3.63) is 29.8 Å². The van der Waals surface area contributed by atoms with Gasteiger partial charge in [0.25, 0.3) is 0 Å². The van der Waals surface area contributed by atoms with Crippen molar-refractivity contribution in [2.24, 2.45) is 10.7 Å². The lowest BCUT2D eigenvalue weighted by molar-refractivity contribution is -0.0504. The molecule has 0 spiro atoms. The van der Waals surface area contributed by atoms with Crippen LogP contribution in [0.25, 0.3) is 0 Å². The first-order valence-corrected chi connectivity index (χ1v) is 6.61. The van der Waals surface area contributed by atoms with Crippen LogP contribution in [0.15, 0.2) is 29.3 Å². The number of hydrogen-bond acceptors (Lipinski definition) is 2. The maximum absolute atomic E-state index is 12.4. The number of alkyl halides is 2. The van der Waals surface area contributed by atoms with E-state index in [-0.39, 0.29) is 23.8 Å². The van der Waals surface area contributed by atoms with E-state index in [0.29, 0.717) is 5.96 Å². The van der Waals surface area contributed by atoms with Crippen molar-refractivity contribution >= 4 is 5.96 Å². The summed E-state index contributed by atoms with van der Waals surface area (Å²) in [5.41, 5.74) is 6.53. The smallest absolute Gasteiger partial charge is 0.387 e. The summed E-state index contributed by atoms with van der Waals surface area (Å²) < 4.78 is 29.2. The third-order valence-electron chi connectivity index (χ3n) is 3.03. The van der Waals surface area contributed by atoms with Crippen molar-refractivity contribution < 1.29 is 13.5 Å². The first kappa shape index (κ1) is 14.6. The molecular formula is C14H19F2N3O. The molecule has 4 nitrogen and oxygen atoms in total. The molecule has 1 fully saturated rings. The van der Waals surface area contributed by atoms with E-state index in [0.717, 1.165) is 12.0 Å². The topological polar surface area (TPSA) is 59.6 Å². The minimum Gasteiger partial charge on any atom is -0.435 e. The SMILES string of the molecule is CC(C)NC(N)=N[C@H]1C[C@@H]1c1ccccc1OC(F)F. The van der Waals surface area contributed by atoms with E-state index in [2.05, 4.69) is 15.0 Å². The molecule has 0 heterocycles. The van der Waals surface area contributed by atoms with Crippen LogP contribution in [0, 0.1) is 0 Å². The Morgan fingerprint density at radius 3 is 2.75 bits per heavy atom. The number of guanidine groups is 1. The summed E-state index contributed by atoms with van der Waals surface area (Å²) in [5.74, 6) is 0.706. The molecule has 0 saturated heterocycles. The minimum absolute atomic E-state index is 0.0312. The normalized spacial score (nSPS) is 22.2. The van der Waals surface area contributed by atoms with Gasteiger partial charge in [0.15, 0.2) is 5.96 Å². The zero-order chi connectivity index (χ0) is 14.7. The maximum Gasteiger partial charge on any atom is 0.387 e. The van der Waals surface area contributed by atoms with Gasteiger partial charge in [-0.1, -0.05) is 18.2 Å². The fourth-order valence-electron chi connectivity index (χ4n) is 2.16. The summed E-state index contributed by atoms with van der Waals surface area (Å²) in [6.07, 6.45) is 0.796. The van der Waals surface area contributed by atoms with E-state index in [9.17, 15) is 8.78 Å². The highest BCUT2D eigenvalue weighted by Crippen LogP contribution is 2.47. The third-order valence-corrected chi connectivity index (χ3v) is 3.03. The number of ether oxygens (including phenoxy) is 1. The van der Waals surface area contributed by atoms with E-state index in [1.807, 2.05) is 19.9 Å². The van der Waals surface area contributed by atoms with Gasteiger partial charge in [0.2, 0.25) is 0 Å². The molecule has 3 N–H and O–H groups in total. The average molecular weight is 283 g/mol. The van der Waals surface area contributed by atoms with Crippen LogP contribution in [-0.4, -0.2) is 24.7 Å². The van der Waals surface area contributed by atoms with Crippen LogP contribution in [0.1, 0.15) is 31.7 Å².